The van der Waals surface area contributed by atoms with Gasteiger partial charge < -0.3 is 9.64 Å². The van der Waals surface area contributed by atoms with Gasteiger partial charge in [-0.2, -0.15) is 0 Å². The summed E-state index contributed by atoms with van der Waals surface area (Å²) in [6.07, 6.45) is 0.324. The molecule has 1 aliphatic heterocycles. The van der Waals surface area contributed by atoms with E-state index in [-0.39, 0.29) is 29.3 Å². The van der Waals surface area contributed by atoms with E-state index in [9.17, 15) is 22.4 Å². The minimum atomic E-state index is -3.64. The number of carbonyl (C=O) groups excluding carboxylic acids is 2. The zero-order valence-electron chi connectivity index (χ0n) is 19.4. The lowest BCUT2D eigenvalue weighted by Crippen LogP contribution is -2.47. The van der Waals surface area contributed by atoms with E-state index in [0.29, 0.717) is 19.5 Å². The summed E-state index contributed by atoms with van der Waals surface area (Å²) in [5, 5.41) is 0. The number of halogens is 1. The highest BCUT2D eigenvalue weighted by atomic mass is 32.2. The average Bonchev–Trinajstić information content (AvgIpc) is 2.82. The van der Waals surface area contributed by atoms with Crippen LogP contribution in [0.5, 0.6) is 0 Å². The van der Waals surface area contributed by atoms with E-state index < -0.39 is 21.8 Å². The molecule has 0 aliphatic carbocycles. The lowest BCUT2D eigenvalue weighted by molar-refractivity contribution is -0.130. The Kier molecular flexibility index (Phi) is 8.76. The first-order chi connectivity index (χ1) is 16.2. The standard InChI is InChI=1S/C24H30FN3O5S/c1-18(29)28-11-9-27(10-12-28)17-20-5-3-4-19(14-20)8-13-34(31,32)26-16-22-7-6-21(15-23(22)25)24(30)33-2/h3-7,14-15,26H,8-13,16-17H2,1-2H3. The number of benzene rings is 2. The Labute approximate surface area is 199 Å². The molecule has 1 fully saturated rings. The van der Waals surface area contributed by atoms with Crippen molar-refractivity contribution < 1.29 is 27.1 Å². The first kappa shape index (κ1) is 25.8. The van der Waals surface area contributed by atoms with E-state index in [2.05, 4.69) is 14.4 Å². The van der Waals surface area contributed by atoms with Crippen molar-refractivity contribution in [2.45, 2.75) is 26.4 Å². The van der Waals surface area contributed by atoms with E-state index in [1.807, 2.05) is 29.2 Å². The number of methoxy groups -OCH3 is 1. The van der Waals surface area contributed by atoms with Crippen molar-refractivity contribution in [3.05, 3.63) is 70.5 Å². The Bertz CT molecular complexity index is 1130. The van der Waals surface area contributed by atoms with Gasteiger partial charge in [-0.3, -0.25) is 9.69 Å². The van der Waals surface area contributed by atoms with Crippen LogP contribution in [0.15, 0.2) is 42.5 Å². The van der Waals surface area contributed by atoms with Gasteiger partial charge in [0.25, 0.3) is 0 Å². The highest BCUT2D eigenvalue weighted by Gasteiger charge is 2.19. The van der Waals surface area contributed by atoms with E-state index in [1.54, 1.807) is 6.92 Å². The molecule has 8 nitrogen and oxygen atoms in total. The molecule has 1 aliphatic rings. The second-order valence-electron chi connectivity index (χ2n) is 8.29. The number of aryl methyl sites for hydroxylation is 1. The summed E-state index contributed by atoms with van der Waals surface area (Å²) in [6, 6.07) is 11.6. The number of sulfonamides is 1. The number of piperazine rings is 1. The monoisotopic (exact) mass is 491 g/mol. The van der Waals surface area contributed by atoms with Crippen LogP contribution in [0.3, 0.4) is 0 Å². The summed E-state index contributed by atoms with van der Waals surface area (Å²) in [7, 11) is -2.43. The van der Waals surface area contributed by atoms with E-state index in [4.69, 9.17) is 0 Å². The van der Waals surface area contributed by atoms with Gasteiger partial charge in [-0.1, -0.05) is 30.3 Å². The van der Waals surface area contributed by atoms with Gasteiger partial charge in [0.2, 0.25) is 15.9 Å². The minimum absolute atomic E-state index is 0.0622. The lowest BCUT2D eigenvalue weighted by atomic mass is 10.1. The number of nitrogens with one attached hydrogen (secondary N) is 1. The summed E-state index contributed by atoms with van der Waals surface area (Å²) in [6.45, 7) is 5.15. The van der Waals surface area contributed by atoms with Crippen LogP contribution in [0.25, 0.3) is 0 Å². The first-order valence-electron chi connectivity index (χ1n) is 11.1. The van der Waals surface area contributed by atoms with Gasteiger partial charge in [-0.25, -0.2) is 22.3 Å². The number of hydrogen-bond acceptors (Lipinski definition) is 6. The fourth-order valence-corrected chi connectivity index (χ4v) is 4.83. The molecule has 0 saturated carbocycles. The number of ether oxygens (including phenoxy) is 1. The fraction of sp³-hybridized carbons (Fsp3) is 0.417. The normalized spacial score (nSPS) is 14.7. The van der Waals surface area contributed by atoms with Crippen molar-refractivity contribution in [1.82, 2.24) is 14.5 Å². The summed E-state index contributed by atoms with van der Waals surface area (Å²) < 4.78 is 46.1. The van der Waals surface area contributed by atoms with Crippen molar-refractivity contribution >= 4 is 21.9 Å². The van der Waals surface area contributed by atoms with Crippen molar-refractivity contribution in [3.8, 4) is 0 Å². The number of nitrogens with zero attached hydrogens (tertiary/aromatic N) is 2. The second kappa shape index (κ2) is 11.5. The predicted molar refractivity (Wildman–Crippen MR) is 126 cm³/mol. The number of esters is 1. The molecule has 0 bridgehead atoms. The molecular weight excluding hydrogens is 461 g/mol. The van der Waals surface area contributed by atoms with Crippen LogP contribution in [0.2, 0.25) is 0 Å². The van der Waals surface area contributed by atoms with Crippen LogP contribution in [-0.4, -0.2) is 69.1 Å². The molecule has 34 heavy (non-hydrogen) atoms. The molecule has 0 atom stereocenters. The Hall–Kier alpha value is -2.82. The number of carbonyl (C=O) groups is 2. The lowest BCUT2D eigenvalue weighted by Gasteiger charge is -2.34. The van der Waals surface area contributed by atoms with Crippen LogP contribution in [0, 0.1) is 5.82 Å². The number of amides is 1. The van der Waals surface area contributed by atoms with Crippen LogP contribution >= 0.6 is 0 Å². The Morgan fingerprint density at radius 1 is 1.06 bits per heavy atom. The molecular formula is C24H30FN3O5S. The van der Waals surface area contributed by atoms with Gasteiger partial charge in [0, 0.05) is 51.8 Å². The third-order valence-electron chi connectivity index (χ3n) is 5.83. The van der Waals surface area contributed by atoms with Crippen LogP contribution in [0.1, 0.15) is 34.0 Å². The molecule has 1 heterocycles. The zero-order valence-corrected chi connectivity index (χ0v) is 20.2. The molecule has 10 heteroatoms. The maximum absolute atomic E-state index is 14.2. The molecule has 0 radical (unpaired) electrons. The quantitative estimate of drug-likeness (QED) is 0.539. The van der Waals surface area contributed by atoms with Crippen molar-refractivity contribution in [2.75, 3.05) is 39.0 Å². The summed E-state index contributed by atoms with van der Waals surface area (Å²) in [5.74, 6) is -1.37. The van der Waals surface area contributed by atoms with Gasteiger partial charge in [0.05, 0.1) is 18.4 Å². The van der Waals surface area contributed by atoms with Crippen LogP contribution in [0.4, 0.5) is 4.39 Å². The molecule has 1 amide bonds. The fourth-order valence-electron chi connectivity index (χ4n) is 3.81. The van der Waals surface area contributed by atoms with Gasteiger partial charge in [0.1, 0.15) is 5.82 Å². The molecule has 0 aromatic heterocycles. The molecule has 0 unspecified atom stereocenters. The van der Waals surface area contributed by atoms with Gasteiger partial charge >= 0.3 is 5.97 Å². The number of hydrogen-bond donors (Lipinski definition) is 1. The van der Waals surface area contributed by atoms with Crippen molar-refractivity contribution in [3.63, 3.8) is 0 Å². The second-order valence-corrected chi connectivity index (χ2v) is 10.2. The van der Waals surface area contributed by atoms with E-state index in [1.165, 1.54) is 19.2 Å². The first-order valence-corrected chi connectivity index (χ1v) is 12.7. The Morgan fingerprint density at radius 3 is 2.41 bits per heavy atom. The largest absolute Gasteiger partial charge is 0.465 e. The van der Waals surface area contributed by atoms with Gasteiger partial charge in [-0.05, 0) is 29.7 Å². The van der Waals surface area contributed by atoms with Gasteiger partial charge in [0.15, 0.2) is 0 Å². The molecule has 0 spiro atoms. The van der Waals surface area contributed by atoms with Crippen molar-refractivity contribution in [2.24, 2.45) is 0 Å². The molecule has 184 valence electrons. The number of rotatable bonds is 9. The average molecular weight is 492 g/mol. The van der Waals surface area contributed by atoms with Gasteiger partial charge in [-0.15, -0.1) is 0 Å². The molecule has 1 N–H and O–H groups in total. The predicted octanol–water partition coefficient (Wildman–Crippen LogP) is 1.94. The van der Waals surface area contributed by atoms with Crippen LogP contribution < -0.4 is 4.72 Å². The third kappa shape index (κ3) is 7.34. The molecule has 2 aromatic rings. The highest BCUT2D eigenvalue weighted by molar-refractivity contribution is 7.89. The van der Waals surface area contributed by atoms with Crippen molar-refractivity contribution in [1.29, 1.82) is 0 Å². The third-order valence-corrected chi connectivity index (χ3v) is 7.16. The molecule has 2 aromatic carbocycles. The highest BCUT2D eigenvalue weighted by Crippen LogP contribution is 2.14. The van der Waals surface area contributed by atoms with E-state index >= 15 is 0 Å². The maximum Gasteiger partial charge on any atom is 0.337 e. The molecule has 1 saturated heterocycles. The zero-order chi connectivity index (χ0) is 24.7. The summed E-state index contributed by atoms with van der Waals surface area (Å²) >= 11 is 0. The van der Waals surface area contributed by atoms with E-state index in [0.717, 1.165) is 36.8 Å². The molecule has 3 rings (SSSR count). The van der Waals surface area contributed by atoms with Crippen LogP contribution in [-0.2, 0) is 39.1 Å². The smallest absolute Gasteiger partial charge is 0.337 e. The summed E-state index contributed by atoms with van der Waals surface area (Å²) in [5.41, 5.74) is 2.20. The Balaban J connectivity index is 1.51. The topological polar surface area (TPSA) is 96.0 Å². The summed E-state index contributed by atoms with van der Waals surface area (Å²) in [4.78, 5) is 27.1. The SMILES string of the molecule is COC(=O)c1ccc(CNS(=O)(=O)CCc2cccc(CN3CCN(C(C)=O)CC3)c2)c(F)c1. The maximum atomic E-state index is 14.2. The minimum Gasteiger partial charge on any atom is -0.465 e. The Morgan fingerprint density at radius 2 is 1.76 bits per heavy atom.